The van der Waals surface area contributed by atoms with Crippen LogP contribution in [0.5, 0.6) is 0 Å². The summed E-state index contributed by atoms with van der Waals surface area (Å²) in [6, 6.07) is 9.44. The molecule has 1 aliphatic heterocycles. The average molecular weight is 256 g/mol. The summed E-state index contributed by atoms with van der Waals surface area (Å²) in [7, 11) is 0. The van der Waals surface area contributed by atoms with Crippen molar-refractivity contribution in [1.29, 1.82) is 5.26 Å². The molecule has 19 heavy (non-hydrogen) atoms. The number of rotatable bonds is 4. The fraction of sp³-hybridized carbons (Fsp3) is 0.588. The Labute approximate surface area is 117 Å². The van der Waals surface area contributed by atoms with Gasteiger partial charge in [0, 0.05) is 18.3 Å². The fourth-order valence-electron chi connectivity index (χ4n) is 3.20. The highest BCUT2D eigenvalue weighted by Gasteiger charge is 2.25. The van der Waals surface area contributed by atoms with E-state index in [-0.39, 0.29) is 0 Å². The van der Waals surface area contributed by atoms with Crippen LogP contribution in [0, 0.1) is 11.3 Å². The van der Waals surface area contributed by atoms with Gasteiger partial charge in [0.25, 0.3) is 0 Å². The van der Waals surface area contributed by atoms with Gasteiger partial charge in [0.15, 0.2) is 0 Å². The predicted octanol–water partition coefficient (Wildman–Crippen LogP) is 4.08. The van der Waals surface area contributed by atoms with Crippen LogP contribution < -0.4 is 4.90 Å². The number of hydrogen-bond acceptors (Lipinski definition) is 2. The normalized spacial score (nSPS) is 19.2. The van der Waals surface area contributed by atoms with Gasteiger partial charge in [-0.25, -0.2) is 0 Å². The molecule has 0 aliphatic carbocycles. The van der Waals surface area contributed by atoms with Crippen molar-refractivity contribution >= 4 is 5.69 Å². The molecule has 1 unspecified atom stereocenters. The first kappa shape index (κ1) is 13.9. The lowest BCUT2D eigenvalue weighted by molar-refractivity contribution is 0.463. The van der Waals surface area contributed by atoms with Gasteiger partial charge in [0.05, 0.1) is 12.5 Å². The highest BCUT2D eigenvalue weighted by molar-refractivity contribution is 5.61. The molecular formula is C17H24N2. The molecule has 1 aliphatic rings. The molecule has 0 spiro atoms. The van der Waals surface area contributed by atoms with Crippen molar-refractivity contribution in [3.63, 3.8) is 0 Å². The van der Waals surface area contributed by atoms with Crippen LogP contribution in [0.4, 0.5) is 5.69 Å². The zero-order valence-electron chi connectivity index (χ0n) is 12.2. The van der Waals surface area contributed by atoms with Gasteiger partial charge in [0.1, 0.15) is 0 Å². The van der Waals surface area contributed by atoms with E-state index in [9.17, 15) is 0 Å². The maximum absolute atomic E-state index is 9.06. The summed E-state index contributed by atoms with van der Waals surface area (Å²) >= 11 is 0. The highest BCUT2D eigenvalue weighted by atomic mass is 15.2. The molecule has 1 saturated heterocycles. The summed E-state index contributed by atoms with van der Waals surface area (Å²) < 4.78 is 0. The van der Waals surface area contributed by atoms with Crippen LogP contribution in [0.3, 0.4) is 0 Å². The molecular weight excluding hydrogens is 232 g/mol. The third-order valence-electron chi connectivity index (χ3n) is 4.21. The second-order valence-electron chi connectivity index (χ2n) is 5.34. The van der Waals surface area contributed by atoms with Crippen molar-refractivity contribution in [3.8, 4) is 6.07 Å². The molecule has 0 N–H and O–H groups in total. The smallest absolute Gasteiger partial charge is 0.0643 e. The van der Waals surface area contributed by atoms with E-state index < -0.39 is 0 Å². The van der Waals surface area contributed by atoms with Crippen molar-refractivity contribution in [2.45, 2.75) is 58.4 Å². The van der Waals surface area contributed by atoms with Crippen LogP contribution in [0.25, 0.3) is 0 Å². The minimum Gasteiger partial charge on any atom is -0.367 e. The van der Waals surface area contributed by atoms with Gasteiger partial charge in [-0.15, -0.1) is 0 Å². The lowest BCUT2D eigenvalue weighted by Crippen LogP contribution is -2.40. The first-order valence-corrected chi connectivity index (χ1v) is 7.56. The van der Waals surface area contributed by atoms with E-state index in [1.165, 1.54) is 29.7 Å². The van der Waals surface area contributed by atoms with Gasteiger partial charge in [-0.05, 0) is 43.2 Å². The zero-order valence-corrected chi connectivity index (χ0v) is 12.2. The molecule has 1 heterocycles. The standard InChI is InChI=1S/C17H24N2/c1-3-14-8-7-9-15(4-2)17(14)19-13-6-5-10-16(19)11-12-18/h7-9,16H,3-6,10-11,13H2,1-2H3. The first-order valence-electron chi connectivity index (χ1n) is 7.56. The van der Waals surface area contributed by atoms with E-state index in [0.717, 1.165) is 25.8 Å². The second-order valence-corrected chi connectivity index (χ2v) is 5.34. The van der Waals surface area contributed by atoms with Crippen LogP contribution >= 0.6 is 0 Å². The Morgan fingerprint density at radius 1 is 1.21 bits per heavy atom. The first-order chi connectivity index (χ1) is 9.31. The third kappa shape index (κ3) is 2.92. The number of hydrogen-bond donors (Lipinski definition) is 0. The molecule has 2 rings (SSSR count). The lowest BCUT2D eigenvalue weighted by Gasteiger charge is -2.39. The van der Waals surface area contributed by atoms with Gasteiger partial charge >= 0.3 is 0 Å². The summed E-state index contributed by atoms with van der Waals surface area (Å²) in [4.78, 5) is 2.52. The number of para-hydroxylation sites is 1. The minimum absolute atomic E-state index is 0.414. The van der Waals surface area contributed by atoms with Crippen molar-refractivity contribution in [1.82, 2.24) is 0 Å². The number of nitriles is 1. The maximum Gasteiger partial charge on any atom is 0.0643 e. The average Bonchev–Trinajstić information content (AvgIpc) is 2.47. The van der Waals surface area contributed by atoms with Crippen molar-refractivity contribution < 1.29 is 0 Å². The van der Waals surface area contributed by atoms with Gasteiger partial charge < -0.3 is 4.90 Å². The summed E-state index contributed by atoms with van der Waals surface area (Å²) in [5.41, 5.74) is 4.29. The lowest BCUT2D eigenvalue weighted by atomic mass is 9.94. The molecule has 0 aromatic heterocycles. The van der Waals surface area contributed by atoms with Crippen LogP contribution in [0.15, 0.2) is 18.2 Å². The molecule has 1 fully saturated rings. The highest BCUT2D eigenvalue weighted by Crippen LogP contribution is 2.33. The zero-order chi connectivity index (χ0) is 13.7. The fourth-order valence-corrected chi connectivity index (χ4v) is 3.20. The van der Waals surface area contributed by atoms with Crippen molar-refractivity contribution in [2.75, 3.05) is 11.4 Å². The van der Waals surface area contributed by atoms with Crippen molar-refractivity contribution in [3.05, 3.63) is 29.3 Å². The summed E-state index contributed by atoms with van der Waals surface area (Å²) in [6.07, 6.45) is 6.47. The monoisotopic (exact) mass is 256 g/mol. The maximum atomic E-state index is 9.06. The Morgan fingerprint density at radius 3 is 2.47 bits per heavy atom. The molecule has 0 saturated carbocycles. The van der Waals surface area contributed by atoms with E-state index in [1.54, 1.807) is 0 Å². The van der Waals surface area contributed by atoms with E-state index in [0.29, 0.717) is 12.5 Å². The minimum atomic E-state index is 0.414. The molecule has 102 valence electrons. The topological polar surface area (TPSA) is 27.0 Å². The van der Waals surface area contributed by atoms with Gasteiger partial charge in [-0.1, -0.05) is 32.0 Å². The van der Waals surface area contributed by atoms with Gasteiger partial charge in [-0.3, -0.25) is 0 Å². The molecule has 1 aromatic rings. The molecule has 1 atom stereocenters. The van der Waals surface area contributed by atoms with Crippen molar-refractivity contribution in [2.24, 2.45) is 0 Å². The van der Waals surface area contributed by atoms with E-state index in [1.807, 2.05) is 0 Å². The number of piperidine rings is 1. The van der Waals surface area contributed by atoms with Crippen LogP contribution in [-0.4, -0.2) is 12.6 Å². The van der Waals surface area contributed by atoms with Crippen LogP contribution in [-0.2, 0) is 12.8 Å². The Kier molecular flexibility index (Phi) is 4.85. The second kappa shape index (κ2) is 6.61. The molecule has 2 nitrogen and oxygen atoms in total. The predicted molar refractivity (Wildman–Crippen MR) is 80.4 cm³/mol. The summed E-state index contributed by atoms with van der Waals surface area (Å²) in [5, 5.41) is 9.06. The van der Waals surface area contributed by atoms with E-state index in [4.69, 9.17) is 5.26 Å². The number of aryl methyl sites for hydroxylation is 2. The molecule has 1 aromatic carbocycles. The molecule has 2 heteroatoms. The summed E-state index contributed by atoms with van der Waals surface area (Å²) in [5.74, 6) is 0. The molecule has 0 radical (unpaired) electrons. The van der Waals surface area contributed by atoms with Crippen LogP contribution in [0.2, 0.25) is 0 Å². The van der Waals surface area contributed by atoms with Crippen LogP contribution in [0.1, 0.15) is 50.7 Å². The third-order valence-corrected chi connectivity index (χ3v) is 4.21. The number of benzene rings is 1. The Balaban J connectivity index is 2.40. The Morgan fingerprint density at radius 2 is 1.89 bits per heavy atom. The van der Waals surface area contributed by atoms with Gasteiger partial charge in [-0.2, -0.15) is 5.26 Å². The SMILES string of the molecule is CCc1cccc(CC)c1N1CCCCC1CC#N. The Bertz CT molecular complexity index is 437. The Hall–Kier alpha value is -1.49. The largest absolute Gasteiger partial charge is 0.367 e. The quantitative estimate of drug-likeness (QED) is 0.811. The van der Waals surface area contributed by atoms with E-state index in [2.05, 4.69) is 43.0 Å². The summed E-state index contributed by atoms with van der Waals surface area (Å²) in [6.45, 7) is 5.55. The van der Waals surface area contributed by atoms with Gasteiger partial charge in [0.2, 0.25) is 0 Å². The number of anilines is 1. The number of nitrogens with zero attached hydrogens (tertiary/aromatic N) is 2. The molecule has 0 bridgehead atoms. The molecule has 0 amide bonds. The van der Waals surface area contributed by atoms with E-state index >= 15 is 0 Å².